The van der Waals surface area contributed by atoms with Crippen molar-refractivity contribution in [1.29, 1.82) is 0 Å². The van der Waals surface area contributed by atoms with E-state index in [0.29, 0.717) is 0 Å². The molecule has 10 aromatic carbocycles. The smallest absolute Gasteiger partial charge is 0.194 e. The molecule has 0 N–H and O–H groups in total. The van der Waals surface area contributed by atoms with Crippen molar-refractivity contribution in [3.63, 3.8) is 0 Å². The Labute approximate surface area is 569 Å². The third kappa shape index (κ3) is 14.2. The van der Waals surface area contributed by atoms with E-state index in [1.807, 2.05) is 0 Å². The number of rotatable bonds is 5. The van der Waals surface area contributed by atoms with Gasteiger partial charge in [-0.05, 0) is 200 Å². The average Bonchev–Trinajstić information content (AvgIpc) is 0.830. The van der Waals surface area contributed by atoms with Gasteiger partial charge in [-0.15, -0.1) is 0 Å². The Bertz CT molecular complexity index is 5380. The van der Waals surface area contributed by atoms with Gasteiger partial charge in [0, 0.05) is 115 Å². The van der Waals surface area contributed by atoms with Gasteiger partial charge in [0.15, 0.2) is 0 Å². The van der Waals surface area contributed by atoms with Crippen molar-refractivity contribution >= 4 is 54.5 Å². The first-order chi connectivity index (χ1) is 46.3. The standard InChI is InChI=1S/2C19H20N.2C18H18N.C17H16N/c1-13-11-14(2)15(3)17(12-13)19-10-9-16-7-5-6-8-18(16)20(19)4;1-13-9-10-14(2)17(11-13)19-12-15(3)16-7-5-6-8-18(16)20(19)4;1-13-8-4-5-9-15(13)18-12-14(2)16-10-6-7-11-17(16)19(18)3;1-13-8-9-14(2)16(12-13)18-11-10-15-6-4-5-7-17(15)19(18)3;1-13-7-3-5-9-15(13)17-12-11-14-8-4-6-10-16(14)18(17)2/h2*5-12H,1-4H3;2*4-12H,1-3H3;3-12H,1-2H3/q5*+1. The highest BCUT2D eigenvalue weighted by atomic mass is 15.0. The van der Waals surface area contributed by atoms with Crippen LogP contribution in [0.1, 0.15) is 61.2 Å². The summed E-state index contributed by atoms with van der Waals surface area (Å²) >= 11 is 0. The number of aryl methyl sites for hydroxylation is 15. The van der Waals surface area contributed by atoms with Crippen LogP contribution >= 0.6 is 0 Å². The topological polar surface area (TPSA) is 19.4 Å². The van der Waals surface area contributed by atoms with Crippen LogP contribution in [0.25, 0.3) is 111 Å². The molecule has 0 atom stereocenters. The van der Waals surface area contributed by atoms with Crippen LogP contribution in [0.5, 0.6) is 0 Å². The minimum absolute atomic E-state index is 1.26. The molecule has 0 aliphatic rings. The molecule has 0 spiro atoms. The number of aromatic nitrogens is 5. The molecular formula is C91H92N5+5. The third-order valence-electron chi connectivity index (χ3n) is 19.3. The summed E-state index contributed by atoms with van der Waals surface area (Å²) in [5.74, 6) is 0. The van der Waals surface area contributed by atoms with Gasteiger partial charge in [-0.25, -0.2) is 0 Å². The normalized spacial score (nSPS) is 10.9. The van der Waals surface area contributed by atoms with Gasteiger partial charge >= 0.3 is 0 Å². The van der Waals surface area contributed by atoms with Crippen LogP contribution in [-0.2, 0) is 35.2 Å². The number of hydrogen-bond acceptors (Lipinski definition) is 0. The van der Waals surface area contributed by atoms with Gasteiger partial charge in [0.2, 0.25) is 56.1 Å². The molecule has 15 rings (SSSR count). The highest BCUT2D eigenvalue weighted by molar-refractivity contribution is 5.84. The van der Waals surface area contributed by atoms with Gasteiger partial charge in [0.1, 0.15) is 35.2 Å². The van der Waals surface area contributed by atoms with Crippen molar-refractivity contribution in [3.05, 3.63) is 328 Å². The molecule has 476 valence electrons. The summed E-state index contributed by atoms with van der Waals surface area (Å²) in [6.45, 7) is 23.9. The summed E-state index contributed by atoms with van der Waals surface area (Å²) in [4.78, 5) is 0. The fourth-order valence-corrected chi connectivity index (χ4v) is 13.6. The highest BCUT2D eigenvalue weighted by Crippen LogP contribution is 2.30. The molecule has 0 unspecified atom stereocenters. The first-order valence-corrected chi connectivity index (χ1v) is 33.5. The second-order valence-corrected chi connectivity index (χ2v) is 26.1. The van der Waals surface area contributed by atoms with E-state index in [1.54, 1.807) is 0 Å². The lowest BCUT2D eigenvalue weighted by Crippen LogP contribution is -2.32. The van der Waals surface area contributed by atoms with Gasteiger partial charge in [-0.3, -0.25) is 0 Å². The van der Waals surface area contributed by atoms with Crippen LogP contribution < -0.4 is 22.8 Å². The predicted molar refractivity (Wildman–Crippen MR) is 405 cm³/mol. The lowest BCUT2D eigenvalue weighted by Gasteiger charge is -2.10. The molecule has 5 heterocycles. The van der Waals surface area contributed by atoms with Crippen molar-refractivity contribution in [3.8, 4) is 56.3 Å². The number of pyridine rings is 5. The Hall–Kier alpha value is -10.8. The van der Waals surface area contributed by atoms with E-state index in [2.05, 4.69) is 401 Å². The first kappa shape index (κ1) is 66.7. The fourth-order valence-electron chi connectivity index (χ4n) is 13.6. The minimum Gasteiger partial charge on any atom is -0.194 e. The second-order valence-electron chi connectivity index (χ2n) is 26.1. The van der Waals surface area contributed by atoms with Crippen LogP contribution in [0.15, 0.2) is 267 Å². The van der Waals surface area contributed by atoms with E-state index in [1.165, 1.54) is 172 Å². The quantitative estimate of drug-likeness (QED) is 0.153. The average molecular weight is 1260 g/mol. The van der Waals surface area contributed by atoms with Gasteiger partial charge in [-0.1, -0.05) is 144 Å². The molecule has 0 fully saturated rings. The largest absolute Gasteiger partial charge is 0.213 e. The van der Waals surface area contributed by atoms with Crippen molar-refractivity contribution in [1.82, 2.24) is 0 Å². The Morgan fingerprint density at radius 3 is 0.917 bits per heavy atom. The maximum Gasteiger partial charge on any atom is 0.213 e. The molecule has 15 aromatic rings. The van der Waals surface area contributed by atoms with E-state index in [0.717, 1.165) is 0 Å². The van der Waals surface area contributed by atoms with E-state index >= 15 is 0 Å². The summed E-state index contributed by atoms with van der Waals surface area (Å²) in [7, 11) is 10.7. The van der Waals surface area contributed by atoms with E-state index in [4.69, 9.17) is 0 Å². The molecule has 0 bridgehead atoms. The SMILES string of the molecule is Cc1cc(C)c(C)c(-c2ccc3ccccc3[n+]2C)c1.Cc1ccc(C)c(-c2cc(C)c3ccccc3[n+]2C)c1.Cc1ccc(C)c(-c2ccc3ccccc3[n+]2C)c1.Cc1ccccc1-c1cc(C)c2ccccc2[n+]1C.Cc1ccccc1-c1ccc2ccccc2[n+]1C. The zero-order chi connectivity index (χ0) is 67.9. The molecule has 96 heavy (non-hydrogen) atoms. The summed E-state index contributed by atoms with van der Waals surface area (Å²) in [5, 5.41) is 6.48. The summed E-state index contributed by atoms with van der Waals surface area (Å²) in [6, 6.07) is 95.4. The zero-order valence-corrected chi connectivity index (χ0v) is 59.1. The molecule has 5 nitrogen and oxygen atoms in total. The summed E-state index contributed by atoms with van der Waals surface area (Å²) in [5.41, 5.74) is 33.8. The predicted octanol–water partition coefficient (Wildman–Crippen LogP) is 20.0. The molecule has 0 saturated carbocycles. The molecule has 0 amide bonds. The second kappa shape index (κ2) is 29.3. The zero-order valence-electron chi connectivity index (χ0n) is 59.1. The summed E-state index contributed by atoms with van der Waals surface area (Å²) < 4.78 is 11.4. The number of nitrogens with zero attached hydrogens (tertiary/aromatic N) is 5. The van der Waals surface area contributed by atoms with Gasteiger partial charge < -0.3 is 0 Å². The molecule has 5 aromatic heterocycles. The van der Waals surface area contributed by atoms with E-state index in [-0.39, 0.29) is 0 Å². The third-order valence-corrected chi connectivity index (χ3v) is 19.3. The molecule has 0 aliphatic carbocycles. The molecule has 0 aliphatic heterocycles. The Morgan fingerprint density at radius 2 is 0.490 bits per heavy atom. The fraction of sp³-hybridized carbons (Fsp3) is 0.176. The van der Waals surface area contributed by atoms with Crippen LogP contribution in [0.2, 0.25) is 0 Å². The van der Waals surface area contributed by atoms with Crippen molar-refractivity contribution in [2.45, 2.75) is 76.2 Å². The van der Waals surface area contributed by atoms with E-state index < -0.39 is 0 Å². The van der Waals surface area contributed by atoms with Gasteiger partial charge in [0.05, 0.1) is 0 Å². The Morgan fingerprint density at radius 1 is 0.188 bits per heavy atom. The van der Waals surface area contributed by atoms with Crippen LogP contribution in [0.3, 0.4) is 0 Å². The van der Waals surface area contributed by atoms with E-state index in [9.17, 15) is 0 Å². The van der Waals surface area contributed by atoms with Crippen molar-refractivity contribution in [2.75, 3.05) is 0 Å². The van der Waals surface area contributed by atoms with Crippen molar-refractivity contribution < 1.29 is 22.8 Å². The monoisotopic (exact) mass is 1250 g/mol. The lowest BCUT2D eigenvalue weighted by atomic mass is 9.97. The molecule has 0 saturated heterocycles. The maximum atomic E-state index is 2.30. The highest BCUT2D eigenvalue weighted by Gasteiger charge is 2.22. The Balaban J connectivity index is 0.000000122. The Kier molecular flexibility index (Phi) is 20.3. The maximum absolute atomic E-state index is 2.30. The number of hydrogen-bond donors (Lipinski definition) is 0. The van der Waals surface area contributed by atoms with Crippen molar-refractivity contribution in [2.24, 2.45) is 35.2 Å². The van der Waals surface area contributed by atoms with Crippen LogP contribution in [-0.4, -0.2) is 0 Å². The summed E-state index contributed by atoms with van der Waals surface area (Å²) in [6.07, 6.45) is 0. The van der Waals surface area contributed by atoms with Gasteiger partial charge in [-0.2, -0.15) is 22.8 Å². The number of para-hydroxylation sites is 5. The molecule has 5 heteroatoms. The lowest BCUT2D eigenvalue weighted by molar-refractivity contribution is -0.633. The van der Waals surface area contributed by atoms with Crippen LogP contribution in [0.4, 0.5) is 0 Å². The number of fused-ring (bicyclic) bond motifs is 5. The molecular weight excluding hydrogens is 1160 g/mol. The van der Waals surface area contributed by atoms with Gasteiger partial charge in [0.25, 0.3) is 0 Å². The minimum atomic E-state index is 1.26. The van der Waals surface area contributed by atoms with Crippen LogP contribution in [0, 0.1) is 76.2 Å². The first-order valence-electron chi connectivity index (χ1n) is 33.5. The number of benzene rings is 10. The molecule has 0 radical (unpaired) electrons.